The van der Waals surface area contributed by atoms with E-state index in [1.54, 1.807) is 12.1 Å². The van der Waals surface area contributed by atoms with E-state index >= 15 is 0 Å². The normalized spacial score (nSPS) is 10.1. The molecule has 0 aliphatic rings. The molecule has 2 aromatic rings. The molecule has 0 bridgehead atoms. The highest BCUT2D eigenvalue weighted by Crippen LogP contribution is 2.04. The fourth-order valence-electron chi connectivity index (χ4n) is 1.26. The van der Waals surface area contributed by atoms with Gasteiger partial charge in [-0.05, 0) is 12.1 Å². The van der Waals surface area contributed by atoms with Gasteiger partial charge in [0.25, 0.3) is 0 Å². The molecule has 0 unspecified atom stereocenters. The Labute approximate surface area is 96.5 Å². The molecule has 88 valence electrons. The number of carboxylic acid groups (broad SMARTS) is 1. The highest BCUT2D eigenvalue weighted by Gasteiger charge is 2.05. The number of aromatic nitrogens is 3. The monoisotopic (exact) mass is 234 g/mol. The summed E-state index contributed by atoms with van der Waals surface area (Å²) in [5, 5.41) is 15.4. The van der Waals surface area contributed by atoms with Gasteiger partial charge in [0.05, 0.1) is 0 Å². The molecule has 2 N–H and O–H groups in total. The standard InChI is InChI=1S/C10H10N4O3/c15-10(16)7-2-1-3-8(13-7)11-5-4-9-12-6-17-14-9/h1-3,6H,4-5H2,(H,11,13)(H,15,16). The molecular weight excluding hydrogens is 224 g/mol. The Kier molecular flexibility index (Phi) is 3.29. The number of carbonyl (C=O) groups is 1. The Morgan fingerprint density at radius 1 is 1.47 bits per heavy atom. The first kappa shape index (κ1) is 11.1. The van der Waals surface area contributed by atoms with Gasteiger partial charge in [0.1, 0.15) is 5.82 Å². The molecule has 0 spiro atoms. The summed E-state index contributed by atoms with van der Waals surface area (Å²) in [7, 11) is 0. The lowest BCUT2D eigenvalue weighted by Crippen LogP contribution is -2.09. The summed E-state index contributed by atoms with van der Waals surface area (Å²) in [6, 6.07) is 4.77. The van der Waals surface area contributed by atoms with Crippen molar-refractivity contribution in [1.29, 1.82) is 0 Å². The van der Waals surface area contributed by atoms with E-state index in [0.29, 0.717) is 24.6 Å². The second kappa shape index (κ2) is 5.06. The van der Waals surface area contributed by atoms with Gasteiger partial charge in [0.2, 0.25) is 6.39 Å². The minimum Gasteiger partial charge on any atom is -0.477 e. The van der Waals surface area contributed by atoms with Gasteiger partial charge in [0, 0.05) is 13.0 Å². The zero-order valence-corrected chi connectivity index (χ0v) is 8.83. The van der Waals surface area contributed by atoms with Crippen LogP contribution in [0.15, 0.2) is 29.1 Å². The van der Waals surface area contributed by atoms with Gasteiger partial charge in [-0.2, -0.15) is 4.98 Å². The molecule has 7 heteroatoms. The van der Waals surface area contributed by atoms with E-state index in [1.807, 2.05) is 0 Å². The van der Waals surface area contributed by atoms with Crippen LogP contribution in [0.1, 0.15) is 16.3 Å². The van der Waals surface area contributed by atoms with Gasteiger partial charge in [0.15, 0.2) is 11.5 Å². The smallest absolute Gasteiger partial charge is 0.354 e. The predicted molar refractivity (Wildman–Crippen MR) is 57.7 cm³/mol. The van der Waals surface area contributed by atoms with Crippen LogP contribution >= 0.6 is 0 Å². The van der Waals surface area contributed by atoms with Crippen LogP contribution in [0.5, 0.6) is 0 Å². The molecule has 0 fully saturated rings. The lowest BCUT2D eigenvalue weighted by atomic mass is 10.3. The molecule has 0 saturated heterocycles. The minimum atomic E-state index is -1.05. The topological polar surface area (TPSA) is 101 Å². The van der Waals surface area contributed by atoms with Gasteiger partial charge in [-0.3, -0.25) is 0 Å². The molecule has 0 radical (unpaired) electrons. The first-order valence-electron chi connectivity index (χ1n) is 4.95. The number of nitrogens with zero attached hydrogens (tertiary/aromatic N) is 3. The number of anilines is 1. The largest absolute Gasteiger partial charge is 0.477 e. The van der Waals surface area contributed by atoms with Gasteiger partial charge in [-0.1, -0.05) is 11.2 Å². The number of nitrogens with one attached hydrogen (secondary N) is 1. The van der Waals surface area contributed by atoms with Crippen LogP contribution < -0.4 is 5.32 Å². The van der Waals surface area contributed by atoms with Crippen molar-refractivity contribution in [2.45, 2.75) is 6.42 Å². The van der Waals surface area contributed by atoms with Crippen LogP contribution in [0.25, 0.3) is 0 Å². The average molecular weight is 234 g/mol. The van der Waals surface area contributed by atoms with E-state index < -0.39 is 5.97 Å². The summed E-state index contributed by atoms with van der Waals surface area (Å²) < 4.78 is 4.59. The Morgan fingerprint density at radius 3 is 3.06 bits per heavy atom. The third-order valence-corrected chi connectivity index (χ3v) is 2.03. The Balaban J connectivity index is 1.90. The summed E-state index contributed by atoms with van der Waals surface area (Å²) in [4.78, 5) is 18.5. The molecule has 7 nitrogen and oxygen atoms in total. The average Bonchev–Trinajstić information content (AvgIpc) is 2.82. The van der Waals surface area contributed by atoms with Crippen molar-refractivity contribution >= 4 is 11.8 Å². The number of pyridine rings is 1. The molecule has 0 aromatic carbocycles. The number of aromatic carboxylic acids is 1. The fraction of sp³-hybridized carbons (Fsp3) is 0.200. The third-order valence-electron chi connectivity index (χ3n) is 2.03. The first-order chi connectivity index (χ1) is 8.25. The van der Waals surface area contributed by atoms with Crippen molar-refractivity contribution < 1.29 is 14.4 Å². The first-order valence-corrected chi connectivity index (χ1v) is 4.95. The van der Waals surface area contributed by atoms with Gasteiger partial charge in [-0.25, -0.2) is 9.78 Å². The molecule has 17 heavy (non-hydrogen) atoms. The van der Waals surface area contributed by atoms with Crippen molar-refractivity contribution in [3.63, 3.8) is 0 Å². The van der Waals surface area contributed by atoms with E-state index in [9.17, 15) is 4.79 Å². The van der Waals surface area contributed by atoms with Crippen LogP contribution in [0.3, 0.4) is 0 Å². The molecule has 0 aliphatic heterocycles. The number of carboxylic acids is 1. The minimum absolute atomic E-state index is 0.00885. The van der Waals surface area contributed by atoms with E-state index in [-0.39, 0.29) is 5.69 Å². The van der Waals surface area contributed by atoms with E-state index in [1.165, 1.54) is 12.5 Å². The van der Waals surface area contributed by atoms with E-state index in [2.05, 4.69) is 25.0 Å². The Bertz CT molecular complexity index is 498. The molecule has 0 amide bonds. The molecular formula is C10H10N4O3. The van der Waals surface area contributed by atoms with Crippen molar-refractivity contribution in [3.05, 3.63) is 36.1 Å². The van der Waals surface area contributed by atoms with Gasteiger partial charge >= 0.3 is 5.97 Å². The summed E-state index contributed by atoms with van der Waals surface area (Å²) in [5.41, 5.74) is 0.00885. The Morgan fingerprint density at radius 2 is 2.35 bits per heavy atom. The van der Waals surface area contributed by atoms with Crippen molar-refractivity contribution in [2.24, 2.45) is 0 Å². The van der Waals surface area contributed by atoms with Gasteiger partial charge < -0.3 is 14.9 Å². The lowest BCUT2D eigenvalue weighted by molar-refractivity contribution is 0.0690. The number of hydrogen-bond acceptors (Lipinski definition) is 6. The van der Waals surface area contributed by atoms with Crippen LogP contribution in [-0.4, -0.2) is 32.7 Å². The predicted octanol–water partition coefficient (Wildman–Crippen LogP) is 0.817. The quantitative estimate of drug-likeness (QED) is 0.789. The van der Waals surface area contributed by atoms with Crippen LogP contribution in [-0.2, 0) is 6.42 Å². The SMILES string of the molecule is O=C(O)c1cccc(NCCc2ncon2)n1. The van der Waals surface area contributed by atoms with E-state index in [0.717, 1.165) is 0 Å². The van der Waals surface area contributed by atoms with Crippen LogP contribution in [0.4, 0.5) is 5.82 Å². The maximum absolute atomic E-state index is 10.7. The van der Waals surface area contributed by atoms with Gasteiger partial charge in [-0.15, -0.1) is 0 Å². The maximum Gasteiger partial charge on any atom is 0.354 e. The lowest BCUT2D eigenvalue weighted by Gasteiger charge is -2.04. The second-order valence-electron chi connectivity index (χ2n) is 3.24. The molecule has 0 atom stereocenters. The summed E-state index contributed by atoms with van der Waals surface area (Å²) in [6.45, 7) is 0.551. The summed E-state index contributed by atoms with van der Waals surface area (Å²) in [6.07, 6.45) is 1.84. The third kappa shape index (κ3) is 3.00. The van der Waals surface area contributed by atoms with Crippen LogP contribution in [0, 0.1) is 0 Å². The second-order valence-corrected chi connectivity index (χ2v) is 3.24. The zero-order valence-electron chi connectivity index (χ0n) is 8.83. The van der Waals surface area contributed by atoms with Crippen molar-refractivity contribution in [1.82, 2.24) is 15.1 Å². The maximum atomic E-state index is 10.7. The fourth-order valence-corrected chi connectivity index (χ4v) is 1.26. The van der Waals surface area contributed by atoms with Crippen molar-refractivity contribution in [3.8, 4) is 0 Å². The highest BCUT2D eigenvalue weighted by molar-refractivity contribution is 5.85. The molecule has 2 aromatic heterocycles. The molecule has 0 saturated carbocycles. The summed E-state index contributed by atoms with van der Waals surface area (Å²) >= 11 is 0. The summed E-state index contributed by atoms with van der Waals surface area (Å²) in [5.74, 6) is 0.0482. The zero-order chi connectivity index (χ0) is 12.1. The Hall–Kier alpha value is -2.44. The highest BCUT2D eigenvalue weighted by atomic mass is 16.5. The molecule has 0 aliphatic carbocycles. The molecule has 2 heterocycles. The number of rotatable bonds is 5. The molecule has 2 rings (SSSR count). The number of hydrogen-bond donors (Lipinski definition) is 2. The van der Waals surface area contributed by atoms with E-state index in [4.69, 9.17) is 5.11 Å². The van der Waals surface area contributed by atoms with Crippen molar-refractivity contribution in [2.75, 3.05) is 11.9 Å². The van der Waals surface area contributed by atoms with Crippen LogP contribution in [0.2, 0.25) is 0 Å².